The van der Waals surface area contributed by atoms with Gasteiger partial charge in [0.05, 0.1) is 12.8 Å². The highest BCUT2D eigenvalue weighted by molar-refractivity contribution is 7.13. The summed E-state index contributed by atoms with van der Waals surface area (Å²) in [6.07, 6.45) is 0. The zero-order chi connectivity index (χ0) is 11.6. The van der Waals surface area contributed by atoms with Crippen LogP contribution in [0.2, 0.25) is 0 Å². The molecule has 0 amide bonds. The third-order valence-electron chi connectivity index (χ3n) is 2.19. The van der Waals surface area contributed by atoms with E-state index in [0.717, 1.165) is 5.01 Å². The topological polar surface area (TPSA) is 48.4 Å². The lowest BCUT2D eigenvalue weighted by molar-refractivity contribution is 0.0189. The van der Waals surface area contributed by atoms with Gasteiger partial charge in [-0.15, -0.1) is 11.3 Å². The molecule has 0 spiro atoms. The molecule has 1 heterocycles. The fourth-order valence-corrected chi connectivity index (χ4v) is 2.09. The van der Waals surface area contributed by atoms with Crippen LogP contribution in [-0.4, -0.2) is 25.2 Å². The number of thiazole rings is 1. The van der Waals surface area contributed by atoms with E-state index >= 15 is 0 Å². The Morgan fingerprint density at radius 3 is 2.47 bits per heavy atom. The fourth-order valence-electron chi connectivity index (χ4n) is 1.02. The minimum absolute atomic E-state index is 0.344. The lowest BCUT2D eigenvalue weighted by Gasteiger charge is -2.19. The van der Waals surface area contributed by atoms with Gasteiger partial charge in [0.15, 0.2) is 0 Å². The van der Waals surface area contributed by atoms with E-state index in [9.17, 15) is 4.79 Å². The van der Waals surface area contributed by atoms with Crippen LogP contribution in [0, 0.1) is 6.92 Å². The molecule has 0 bridgehead atoms. The maximum atomic E-state index is 11.4. The van der Waals surface area contributed by atoms with Crippen LogP contribution in [0.15, 0.2) is 0 Å². The molecule has 0 N–H and O–H groups in total. The Bertz CT molecular complexity index is 371. The quantitative estimate of drug-likeness (QED) is 0.745. The second-order valence-corrected chi connectivity index (χ2v) is 4.64. The highest BCUT2D eigenvalue weighted by Gasteiger charge is 2.27. The van der Waals surface area contributed by atoms with Crippen LogP contribution in [0.1, 0.15) is 34.2 Å². The Morgan fingerprint density at radius 2 is 2.00 bits per heavy atom. The molecular formula is C10H15NO3S. The Labute approximate surface area is 93.2 Å². The van der Waals surface area contributed by atoms with E-state index in [1.165, 1.54) is 18.4 Å². The second-order valence-electron chi connectivity index (χ2n) is 3.64. The number of esters is 1. The van der Waals surface area contributed by atoms with E-state index in [1.807, 2.05) is 13.8 Å². The second kappa shape index (κ2) is 4.28. The average Bonchev–Trinajstić information content (AvgIpc) is 2.60. The number of aromatic nitrogens is 1. The molecule has 1 aromatic rings. The minimum atomic E-state index is -0.471. The van der Waals surface area contributed by atoms with Gasteiger partial charge in [-0.3, -0.25) is 0 Å². The number of aryl methyl sites for hydroxylation is 1. The largest absolute Gasteiger partial charge is 0.465 e. The summed E-state index contributed by atoms with van der Waals surface area (Å²) in [6, 6.07) is 0. The summed E-state index contributed by atoms with van der Waals surface area (Å²) in [7, 11) is 2.98. The third-order valence-corrected chi connectivity index (χ3v) is 3.64. The first-order chi connectivity index (χ1) is 6.92. The molecule has 1 rings (SSSR count). The van der Waals surface area contributed by atoms with Crippen molar-refractivity contribution in [1.82, 2.24) is 4.98 Å². The number of methoxy groups -OCH3 is 2. The highest BCUT2D eigenvalue weighted by Crippen LogP contribution is 2.30. The number of carbonyl (C=O) groups is 1. The van der Waals surface area contributed by atoms with Gasteiger partial charge >= 0.3 is 5.97 Å². The van der Waals surface area contributed by atoms with E-state index in [2.05, 4.69) is 9.72 Å². The van der Waals surface area contributed by atoms with Crippen molar-refractivity contribution in [2.45, 2.75) is 26.4 Å². The normalized spacial score (nSPS) is 11.5. The summed E-state index contributed by atoms with van der Waals surface area (Å²) in [5.41, 5.74) is 0.216. The number of hydrogen-bond donors (Lipinski definition) is 0. The van der Waals surface area contributed by atoms with Crippen LogP contribution in [0.25, 0.3) is 0 Å². The van der Waals surface area contributed by atoms with E-state index in [1.54, 1.807) is 14.0 Å². The van der Waals surface area contributed by atoms with Gasteiger partial charge in [-0.2, -0.15) is 0 Å². The summed E-state index contributed by atoms with van der Waals surface area (Å²) in [6.45, 7) is 5.61. The predicted molar refractivity (Wildman–Crippen MR) is 58.2 cm³/mol. The van der Waals surface area contributed by atoms with Crippen molar-refractivity contribution in [2.24, 2.45) is 0 Å². The molecule has 0 fully saturated rings. The Kier molecular flexibility index (Phi) is 3.46. The van der Waals surface area contributed by atoms with Crippen LogP contribution in [0.4, 0.5) is 0 Å². The first-order valence-electron chi connectivity index (χ1n) is 4.53. The van der Waals surface area contributed by atoms with Crippen LogP contribution < -0.4 is 0 Å². The van der Waals surface area contributed by atoms with Crippen LogP contribution in [0.3, 0.4) is 0 Å². The first-order valence-corrected chi connectivity index (χ1v) is 5.35. The lowest BCUT2D eigenvalue weighted by atomic mass is 10.1. The molecule has 1 aromatic heterocycles. The van der Waals surface area contributed by atoms with Crippen molar-refractivity contribution < 1.29 is 14.3 Å². The summed E-state index contributed by atoms with van der Waals surface area (Å²) < 4.78 is 9.97. The van der Waals surface area contributed by atoms with Gasteiger partial charge < -0.3 is 9.47 Å². The summed E-state index contributed by atoms with van der Waals surface area (Å²) >= 11 is 1.31. The molecule has 0 unspecified atom stereocenters. The van der Waals surface area contributed by atoms with Gasteiger partial charge in [0.2, 0.25) is 0 Å². The van der Waals surface area contributed by atoms with Crippen LogP contribution in [-0.2, 0) is 15.1 Å². The standard InChI is InChI=1S/C10H15NO3S/c1-6-7(8(12)13-4)15-9(11-6)10(2,3)14-5/h1-5H3. The number of rotatable bonds is 3. The molecular weight excluding hydrogens is 214 g/mol. The molecule has 0 aliphatic carbocycles. The molecule has 0 radical (unpaired) electrons. The zero-order valence-electron chi connectivity index (χ0n) is 9.58. The molecule has 15 heavy (non-hydrogen) atoms. The maximum Gasteiger partial charge on any atom is 0.349 e. The Morgan fingerprint density at radius 1 is 1.40 bits per heavy atom. The molecule has 84 valence electrons. The first kappa shape index (κ1) is 12.1. The smallest absolute Gasteiger partial charge is 0.349 e. The van der Waals surface area contributed by atoms with Gasteiger partial charge in [-0.05, 0) is 20.8 Å². The van der Waals surface area contributed by atoms with Crippen molar-refractivity contribution in [1.29, 1.82) is 0 Å². The van der Waals surface area contributed by atoms with Crippen molar-refractivity contribution in [3.05, 3.63) is 15.6 Å². The van der Waals surface area contributed by atoms with Gasteiger partial charge in [0, 0.05) is 7.11 Å². The summed E-state index contributed by atoms with van der Waals surface area (Å²) in [5, 5.41) is 0.780. The molecule has 0 aliphatic rings. The van der Waals surface area contributed by atoms with Gasteiger partial charge in [0.25, 0.3) is 0 Å². The summed E-state index contributed by atoms with van der Waals surface area (Å²) in [5.74, 6) is -0.344. The van der Waals surface area contributed by atoms with E-state index in [0.29, 0.717) is 10.6 Å². The van der Waals surface area contributed by atoms with Crippen molar-refractivity contribution in [3.8, 4) is 0 Å². The number of ether oxygens (including phenoxy) is 2. The van der Waals surface area contributed by atoms with E-state index in [-0.39, 0.29) is 5.97 Å². The maximum absolute atomic E-state index is 11.4. The van der Waals surface area contributed by atoms with Gasteiger partial charge in [0.1, 0.15) is 15.5 Å². The Hall–Kier alpha value is -0.940. The van der Waals surface area contributed by atoms with Gasteiger partial charge in [-0.25, -0.2) is 9.78 Å². The van der Waals surface area contributed by atoms with E-state index in [4.69, 9.17) is 4.74 Å². The van der Waals surface area contributed by atoms with Crippen molar-refractivity contribution >= 4 is 17.3 Å². The minimum Gasteiger partial charge on any atom is -0.465 e. The monoisotopic (exact) mass is 229 g/mol. The fraction of sp³-hybridized carbons (Fsp3) is 0.600. The predicted octanol–water partition coefficient (Wildman–Crippen LogP) is 2.12. The number of carbonyl (C=O) groups excluding carboxylic acids is 1. The van der Waals surface area contributed by atoms with Gasteiger partial charge in [-0.1, -0.05) is 0 Å². The number of nitrogens with zero attached hydrogens (tertiary/aromatic N) is 1. The highest BCUT2D eigenvalue weighted by atomic mass is 32.1. The molecule has 5 heteroatoms. The van der Waals surface area contributed by atoms with Crippen molar-refractivity contribution in [2.75, 3.05) is 14.2 Å². The molecule has 0 atom stereocenters. The third kappa shape index (κ3) is 2.35. The lowest BCUT2D eigenvalue weighted by Crippen LogP contribution is -2.18. The number of hydrogen-bond acceptors (Lipinski definition) is 5. The van der Waals surface area contributed by atoms with Crippen LogP contribution >= 0.6 is 11.3 Å². The summed E-state index contributed by atoms with van der Waals surface area (Å²) in [4.78, 5) is 16.2. The zero-order valence-corrected chi connectivity index (χ0v) is 10.4. The molecule has 0 saturated heterocycles. The molecule has 0 aliphatic heterocycles. The molecule has 4 nitrogen and oxygen atoms in total. The SMILES string of the molecule is COC(=O)c1sc(C(C)(C)OC)nc1C. The Balaban J connectivity index is 3.11. The molecule has 0 aromatic carbocycles. The van der Waals surface area contributed by atoms with Crippen LogP contribution in [0.5, 0.6) is 0 Å². The molecule has 0 saturated carbocycles. The average molecular weight is 229 g/mol. The van der Waals surface area contributed by atoms with Crippen molar-refractivity contribution in [3.63, 3.8) is 0 Å². The van der Waals surface area contributed by atoms with E-state index < -0.39 is 5.60 Å².